The Balaban J connectivity index is 2.35. The fraction of sp³-hybridized carbons (Fsp3) is 0.429. The van der Waals surface area contributed by atoms with Gasteiger partial charge in [-0.25, -0.2) is 0 Å². The van der Waals surface area contributed by atoms with Gasteiger partial charge >= 0.3 is 0 Å². The van der Waals surface area contributed by atoms with E-state index in [9.17, 15) is 0 Å². The number of rotatable bonds is 5. The second-order valence-electron chi connectivity index (χ2n) is 4.43. The van der Waals surface area contributed by atoms with Gasteiger partial charge in [0, 0.05) is 12.1 Å². The van der Waals surface area contributed by atoms with E-state index in [2.05, 4.69) is 62.5 Å². The third kappa shape index (κ3) is 4.80. The highest BCUT2D eigenvalue weighted by Gasteiger charge is 2.11. The van der Waals surface area contributed by atoms with Gasteiger partial charge in [0.1, 0.15) is 0 Å². The minimum absolute atomic E-state index is 0.237. The average molecular weight is 203 g/mol. The van der Waals surface area contributed by atoms with Crippen LogP contribution in [0.1, 0.15) is 32.8 Å². The zero-order valence-corrected chi connectivity index (χ0v) is 9.96. The minimum Gasteiger partial charge on any atom is -0.308 e. The summed E-state index contributed by atoms with van der Waals surface area (Å²) in [7, 11) is 0. The summed E-state index contributed by atoms with van der Waals surface area (Å²) in [5.41, 5.74) is 1.50. The molecule has 0 radical (unpaired) electrons. The van der Waals surface area contributed by atoms with E-state index in [1.54, 1.807) is 0 Å². The molecule has 1 aromatic carbocycles. The van der Waals surface area contributed by atoms with E-state index in [1.165, 1.54) is 5.56 Å². The lowest BCUT2D eigenvalue weighted by Gasteiger charge is -2.23. The predicted molar refractivity (Wildman–Crippen MR) is 67.8 cm³/mol. The summed E-state index contributed by atoms with van der Waals surface area (Å²) in [4.78, 5) is 0. The van der Waals surface area contributed by atoms with Gasteiger partial charge in [-0.2, -0.15) is 0 Å². The first-order valence-corrected chi connectivity index (χ1v) is 5.61. The van der Waals surface area contributed by atoms with Crippen molar-refractivity contribution in [1.82, 2.24) is 5.32 Å². The van der Waals surface area contributed by atoms with Gasteiger partial charge in [0.25, 0.3) is 0 Å². The summed E-state index contributed by atoms with van der Waals surface area (Å²) in [6.45, 7) is 7.58. The van der Waals surface area contributed by atoms with Crippen LogP contribution >= 0.6 is 0 Å². The number of nitrogens with one attached hydrogen (secondary N) is 1. The molecule has 15 heavy (non-hydrogen) atoms. The molecule has 0 saturated carbocycles. The van der Waals surface area contributed by atoms with Crippen LogP contribution in [-0.2, 0) is 0 Å². The van der Waals surface area contributed by atoms with Gasteiger partial charge in [-0.1, -0.05) is 49.4 Å². The second-order valence-corrected chi connectivity index (χ2v) is 4.43. The standard InChI is InChI=1S/C14H21N/c1-4-14(2,3)15-12-8-11-13-9-6-5-7-10-13/h5-11,15H,4,12H2,1-3H3. The topological polar surface area (TPSA) is 12.0 Å². The molecule has 0 aliphatic carbocycles. The van der Waals surface area contributed by atoms with Crippen molar-refractivity contribution in [2.24, 2.45) is 0 Å². The van der Waals surface area contributed by atoms with Gasteiger partial charge in [0.2, 0.25) is 0 Å². The van der Waals surface area contributed by atoms with Crippen molar-refractivity contribution in [3.8, 4) is 0 Å². The molecule has 1 rings (SSSR count). The van der Waals surface area contributed by atoms with Crippen molar-refractivity contribution in [3.63, 3.8) is 0 Å². The molecule has 1 aromatic rings. The van der Waals surface area contributed by atoms with Gasteiger partial charge in [0.15, 0.2) is 0 Å². The molecule has 0 bridgehead atoms. The maximum Gasteiger partial charge on any atom is 0.0143 e. The van der Waals surface area contributed by atoms with Crippen LogP contribution < -0.4 is 5.32 Å². The Morgan fingerprint density at radius 1 is 1.20 bits per heavy atom. The van der Waals surface area contributed by atoms with Crippen LogP contribution in [0.4, 0.5) is 0 Å². The summed E-state index contributed by atoms with van der Waals surface area (Å²) >= 11 is 0. The first-order valence-electron chi connectivity index (χ1n) is 5.61. The molecule has 1 N–H and O–H groups in total. The Bertz CT molecular complexity index is 298. The van der Waals surface area contributed by atoms with E-state index < -0.39 is 0 Å². The minimum atomic E-state index is 0.237. The third-order valence-corrected chi connectivity index (χ3v) is 2.69. The summed E-state index contributed by atoms with van der Waals surface area (Å²) in [5, 5.41) is 3.49. The molecule has 0 saturated heterocycles. The molecule has 0 heterocycles. The van der Waals surface area contributed by atoms with Crippen LogP contribution in [0.3, 0.4) is 0 Å². The van der Waals surface area contributed by atoms with E-state index in [0.29, 0.717) is 0 Å². The van der Waals surface area contributed by atoms with Gasteiger partial charge < -0.3 is 5.32 Å². The van der Waals surface area contributed by atoms with Crippen LogP contribution in [0.2, 0.25) is 0 Å². The molecular formula is C14H21N. The molecule has 0 aliphatic rings. The number of benzene rings is 1. The van der Waals surface area contributed by atoms with Crippen molar-refractivity contribution in [2.75, 3.05) is 6.54 Å². The lowest BCUT2D eigenvalue weighted by Crippen LogP contribution is -2.38. The lowest BCUT2D eigenvalue weighted by atomic mass is 10.0. The molecule has 0 aliphatic heterocycles. The molecule has 0 atom stereocenters. The van der Waals surface area contributed by atoms with Gasteiger partial charge in [0.05, 0.1) is 0 Å². The quantitative estimate of drug-likeness (QED) is 0.772. The molecular weight excluding hydrogens is 182 g/mol. The van der Waals surface area contributed by atoms with Crippen molar-refractivity contribution in [2.45, 2.75) is 32.7 Å². The smallest absolute Gasteiger partial charge is 0.0143 e. The highest BCUT2D eigenvalue weighted by molar-refractivity contribution is 5.48. The van der Waals surface area contributed by atoms with E-state index in [0.717, 1.165) is 13.0 Å². The monoisotopic (exact) mass is 203 g/mol. The van der Waals surface area contributed by atoms with E-state index in [-0.39, 0.29) is 5.54 Å². The zero-order chi connectivity index (χ0) is 11.1. The molecule has 1 nitrogen and oxygen atoms in total. The van der Waals surface area contributed by atoms with Crippen molar-refractivity contribution in [1.29, 1.82) is 0 Å². The van der Waals surface area contributed by atoms with Crippen LogP contribution in [0.15, 0.2) is 36.4 Å². The van der Waals surface area contributed by atoms with Crippen molar-refractivity contribution < 1.29 is 0 Å². The molecule has 0 fully saturated rings. The summed E-state index contributed by atoms with van der Waals surface area (Å²) < 4.78 is 0. The van der Waals surface area contributed by atoms with E-state index >= 15 is 0 Å². The van der Waals surface area contributed by atoms with Crippen LogP contribution in [-0.4, -0.2) is 12.1 Å². The summed E-state index contributed by atoms with van der Waals surface area (Å²) in [6, 6.07) is 10.4. The molecule has 0 unspecified atom stereocenters. The molecule has 0 spiro atoms. The van der Waals surface area contributed by atoms with Gasteiger partial charge in [-0.3, -0.25) is 0 Å². The van der Waals surface area contributed by atoms with Crippen molar-refractivity contribution in [3.05, 3.63) is 42.0 Å². The fourth-order valence-electron chi connectivity index (χ4n) is 1.22. The first-order chi connectivity index (χ1) is 7.14. The average Bonchev–Trinajstić information content (AvgIpc) is 2.26. The Hall–Kier alpha value is -1.08. The van der Waals surface area contributed by atoms with E-state index in [1.807, 2.05) is 6.07 Å². The Kier molecular flexibility index (Phi) is 4.57. The fourth-order valence-corrected chi connectivity index (χ4v) is 1.22. The van der Waals surface area contributed by atoms with Crippen molar-refractivity contribution >= 4 is 6.08 Å². The van der Waals surface area contributed by atoms with Crippen LogP contribution in [0, 0.1) is 0 Å². The van der Waals surface area contributed by atoms with Gasteiger partial charge in [-0.05, 0) is 25.8 Å². The van der Waals surface area contributed by atoms with Gasteiger partial charge in [-0.15, -0.1) is 0 Å². The highest BCUT2D eigenvalue weighted by Crippen LogP contribution is 2.06. The lowest BCUT2D eigenvalue weighted by molar-refractivity contribution is 0.395. The predicted octanol–water partition coefficient (Wildman–Crippen LogP) is 3.48. The number of hydrogen-bond acceptors (Lipinski definition) is 1. The first kappa shape index (κ1) is 12.0. The Morgan fingerprint density at radius 3 is 2.47 bits per heavy atom. The van der Waals surface area contributed by atoms with E-state index in [4.69, 9.17) is 0 Å². The normalized spacial score (nSPS) is 12.2. The Morgan fingerprint density at radius 2 is 1.87 bits per heavy atom. The maximum absolute atomic E-state index is 3.49. The third-order valence-electron chi connectivity index (χ3n) is 2.69. The highest BCUT2D eigenvalue weighted by atomic mass is 14.9. The second kappa shape index (κ2) is 5.72. The largest absolute Gasteiger partial charge is 0.308 e. The summed E-state index contributed by atoms with van der Waals surface area (Å²) in [5.74, 6) is 0. The molecule has 0 aromatic heterocycles. The Labute approximate surface area is 93.2 Å². The molecule has 0 amide bonds. The summed E-state index contributed by atoms with van der Waals surface area (Å²) in [6.07, 6.45) is 5.47. The van der Waals surface area contributed by atoms with Crippen LogP contribution in [0.5, 0.6) is 0 Å². The number of hydrogen-bond donors (Lipinski definition) is 1. The van der Waals surface area contributed by atoms with Crippen LogP contribution in [0.25, 0.3) is 6.08 Å². The molecule has 82 valence electrons. The maximum atomic E-state index is 3.49. The molecule has 1 heteroatoms. The SMILES string of the molecule is CCC(C)(C)NCC=Cc1ccccc1. The zero-order valence-electron chi connectivity index (χ0n) is 9.96.